The summed E-state index contributed by atoms with van der Waals surface area (Å²) in [6.07, 6.45) is 4.58. The van der Waals surface area contributed by atoms with E-state index in [4.69, 9.17) is 4.98 Å². The van der Waals surface area contributed by atoms with Crippen molar-refractivity contribution in [2.45, 2.75) is 39.3 Å². The molecule has 5 heterocycles. The highest BCUT2D eigenvalue weighted by atomic mass is 32.1. The van der Waals surface area contributed by atoms with Gasteiger partial charge < -0.3 is 9.47 Å². The summed E-state index contributed by atoms with van der Waals surface area (Å²) >= 11 is 1.30. The lowest BCUT2D eigenvalue weighted by Gasteiger charge is -2.36. The Morgan fingerprint density at radius 2 is 1.97 bits per heavy atom. The van der Waals surface area contributed by atoms with Crippen molar-refractivity contribution in [2.75, 3.05) is 18.0 Å². The molecule has 0 spiro atoms. The van der Waals surface area contributed by atoms with E-state index in [0.717, 1.165) is 17.1 Å². The summed E-state index contributed by atoms with van der Waals surface area (Å²) in [6.45, 7) is 5.61. The first-order valence-corrected chi connectivity index (χ1v) is 10.7. The van der Waals surface area contributed by atoms with E-state index < -0.39 is 0 Å². The SMILES string of the molecule is Cc1nsc(-c2nc(N3CCCC3=O)c3n2CCN(C(=O)c2ccncc2)C3C)n1. The van der Waals surface area contributed by atoms with Crippen molar-refractivity contribution in [3.63, 3.8) is 0 Å². The summed E-state index contributed by atoms with van der Waals surface area (Å²) < 4.78 is 6.39. The Morgan fingerprint density at radius 3 is 2.63 bits per heavy atom. The Labute approximate surface area is 177 Å². The van der Waals surface area contributed by atoms with Crippen LogP contribution in [0.1, 0.15) is 47.7 Å². The van der Waals surface area contributed by atoms with Crippen LogP contribution in [0.2, 0.25) is 0 Å². The van der Waals surface area contributed by atoms with E-state index in [1.807, 2.05) is 18.7 Å². The quantitative estimate of drug-likeness (QED) is 0.642. The van der Waals surface area contributed by atoms with Crippen LogP contribution in [0.4, 0.5) is 5.82 Å². The molecule has 5 rings (SSSR count). The van der Waals surface area contributed by atoms with Crippen molar-refractivity contribution in [1.29, 1.82) is 0 Å². The van der Waals surface area contributed by atoms with Crippen LogP contribution in [0.25, 0.3) is 10.8 Å². The van der Waals surface area contributed by atoms with E-state index >= 15 is 0 Å². The van der Waals surface area contributed by atoms with E-state index in [0.29, 0.717) is 49.1 Å². The molecule has 0 N–H and O–H groups in total. The van der Waals surface area contributed by atoms with Gasteiger partial charge in [-0.15, -0.1) is 0 Å². The van der Waals surface area contributed by atoms with E-state index in [2.05, 4.69) is 18.9 Å². The number of fused-ring (bicyclic) bond motifs is 1. The highest BCUT2D eigenvalue weighted by molar-refractivity contribution is 7.09. The molecular formula is C20H21N7O2S. The summed E-state index contributed by atoms with van der Waals surface area (Å²) in [5, 5.41) is 0.729. The van der Waals surface area contributed by atoms with Crippen LogP contribution in [-0.2, 0) is 11.3 Å². The Balaban J connectivity index is 1.60. The van der Waals surface area contributed by atoms with Gasteiger partial charge in [0.05, 0.1) is 11.7 Å². The van der Waals surface area contributed by atoms with Gasteiger partial charge in [0.1, 0.15) is 5.82 Å². The Bertz CT molecular complexity index is 1120. The fourth-order valence-corrected chi connectivity index (χ4v) is 4.87. The lowest BCUT2D eigenvalue weighted by molar-refractivity contribution is -0.117. The molecule has 0 aliphatic carbocycles. The minimum Gasteiger partial charge on any atom is -0.328 e. The van der Waals surface area contributed by atoms with Gasteiger partial charge in [0.25, 0.3) is 5.91 Å². The zero-order valence-corrected chi connectivity index (χ0v) is 17.6. The third-order valence-corrected chi connectivity index (χ3v) is 6.45. The van der Waals surface area contributed by atoms with Crippen molar-refractivity contribution in [3.05, 3.63) is 41.6 Å². The van der Waals surface area contributed by atoms with Gasteiger partial charge in [0, 0.05) is 44.0 Å². The van der Waals surface area contributed by atoms with Gasteiger partial charge in [0.2, 0.25) is 5.91 Å². The first-order chi connectivity index (χ1) is 14.5. The minimum atomic E-state index is -0.238. The fourth-order valence-electron chi connectivity index (χ4n) is 4.20. The number of aryl methyl sites for hydroxylation is 1. The number of carbonyl (C=O) groups is 2. The smallest absolute Gasteiger partial charge is 0.254 e. The van der Waals surface area contributed by atoms with Crippen LogP contribution in [-0.4, -0.2) is 53.7 Å². The molecule has 1 unspecified atom stereocenters. The second-order valence-electron chi connectivity index (χ2n) is 7.50. The molecule has 30 heavy (non-hydrogen) atoms. The summed E-state index contributed by atoms with van der Waals surface area (Å²) in [7, 11) is 0. The molecule has 0 saturated carbocycles. The Morgan fingerprint density at radius 1 is 1.17 bits per heavy atom. The number of imidazole rings is 1. The van der Waals surface area contributed by atoms with Crippen molar-refractivity contribution in [1.82, 2.24) is 28.8 Å². The average molecular weight is 424 g/mol. The van der Waals surface area contributed by atoms with Crippen LogP contribution >= 0.6 is 11.5 Å². The third-order valence-electron chi connectivity index (χ3n) is 5.65. The van der Waals surface area contributed by atoms with Crippen molar-refractivity contribution < 1.29 is 9.59 Å². The van der Waals surface area contributed by atoms with Crippen LogP contribution in [0.15, 0.2) is 24.5 Å². The lowest BCUT2D eigenvalue weighted by atomic mass is 10.1. The molecule has 0 bridgehead atoms. The van der Waals surface area contributed by atoms with Crippen LogP contribution in [0, 0.1) is 6.92 Å². The van der Waals surface area contributed by atoms with Gasteiger partial charge in [0.15, 0.2) is 16.6 Å². The van der Waals surface area contributed by atoms with Crippen LogP contribution in [0.3, 0.4) is 0 Å². The zero-order chi connectivity index (χ0) is 20.8. The number of anilines is 1. The molecule has 3 aromatic rings. The number of nitrogens with zero attached hydrogens (tertiary/aromatic N) is 7. The fraction of sp³-hybridized carbons (Fsp3) is 0.400. The molecule has 1 saturated heterocycles. The normalized spacial score (nSPS) is 18.7. The summed E-state index contributed by atoms with van der Waals surface area (Å²) in [6, 6.07) is 3.21. The number of hydrogen-bond donors (Lipinski definition) is 0. The molecular weight excluding hydrogens is 402 g/mol. The number of hydrogen-bond acceptors (Lipinski definition) is 7. The third kappa shape index (κ3) is 2.98. The molecule has 1 fully saturated rings. The highest BCUT2D eigenvalue weighted by Gasteiger charge is 2.38. The molecule has 10 heteroatoms. The highest BCUT2D eigenvalue weighted by Crippen LogP contribution is 2.39. The molecule has 2 aliphatic heterocycles. The second-order valence-corrected chi connectivity index (χ2v) is 8.25. The Hall–Kier alpha value is -3.14. The molecule has 0 aromatic carbocycles. The summed E-state index contributed by atoms with van der Waals surface area (Å²) in [5.41, 5.74) is 1.48. The van der Waals surface area contributed by atoms with Crippen molar-refractivity contribution in [3.8, 4) is 10.8 Å². The van der Waals surface area contributed by atoms with Gasteiger partial charge in [-0.1, -0.05) is 0 Å². The predicted molar refractivity (Wildman–Crippen MR) is 111 cm³/mol. The standard InChI is InChI=1S/C20H21N7O2S/c1-12-16-17(26-9-3-4-15(26)28)23-18(19-22-13(2)24-30-19)27(16)11-10-25(12)20(29)14-5-7-21-8-6-14/h5-8,12H,3-4,9-11H2,1-2H3. The van der Waals surface area contributed by atoms with Crippen LogP contribution < -0.4 is 4.90 Å². The van der Waals surface area contributed by atoms with Crippen LogP contribution in [0.5, 0.6) is 0 Å². The number of amides is 2. The minimum absolute atomic E-state index is 0.0515. The lowest BCUT2D eigenvalue weighted by Crippen LogP contribution is -2.42. The number of carbonyl (C=O) groups excluding carboxylic acids is 2. The topological polar surface area (TPSA) is 97.1 Å². The van der Waals surface area contributed by atoms with Gasteiger partial charge in [-0.05, 0) is 43.9 Å². The zero-order valence-electron chi connectivity index (χ0n) is 16.8. The van der Waals surface area contributed by atoms with E-state index in [9.17, 15) is 9.59 Å². The van der Waals surface area contributed by atoms with Gasteiger partial charge in [-0.25, -0.2) is 9.97 Å². The van der Waals surface area contributed by atoms with Gasteiger partial charge >= 0.3 is 0 Å². The maximum Gasteiger partial charge on any atom is 0.254 e. The Kier molecular flexibility index (Phi) is 4.58. The van der Waals surface area contributed by atoms with Gasteiger partial charge in [-0.3, -0.25) is 19.5 Å². The number of pyridine rings is 1. The molecule has 1 atom stereocenters. The van der Waals surface area contributed by atoms with Gasteiger partial charge in [-0.2, -0.15) is 4.37 Å². The molecule has 2 amide bonds. The predicted octanol–water partition coefficient (Wildman–Crippen LogP) is 2.45. The maximum atomic E-state index is 13.2. The molecule has 2 aliphatic rings. The molecule has 9 nitrogen and oxygen atoms in total. The molecule has 154 valence electrons. The van der Waals surface area contributed by atoms with E-state index in [1.54, 1.807) is 29.4 Å². The number of rotatable bonds is 3. The maximum absolute atomic E-state index is 13.2. The van der Waals surface area contributed by atoms with Crippen molar-refractivity contribution in [2.24, 2.45) is 0 Å². The monoisotopic (exact) mass is 423 g/mol. The number of aromatic nitrogens is 5. The van der Waals surface area contributed by atoms with E-state index in [1.165, 1.54) is 11.5 Å². The molecule has 0 radical (unpaired) electrons. The van der Waals surface area contributed by atoms with Crippen molar-refractivity contribution >= 4 is 29.2 Å². The second kappa shape index (κ2) is 7.28. The summed E-state index contributed by atoms with van der Waals surface area (Å²) in [5.74, 6) is 2.07. The summed E-state index contributed by atoms with van der Waals surface area (Å²) in [4.78, 5) is 42.6. The first kappa shape index (κ1) is 18.9. The average Bonchev–Trinajstić information content (AvgIpc) is 3.46. The largest absolute Gasteiger partial charge is 0.328 e. The first-order valence-electron chi connectivity index (χ1n) is 9.97. The van der Waals surface area contributed by atoms with E-state index in [-0.39, 0.29) is 17.9 Å². The molecule has 3 aromatic heterocycles.